The minimum atomic E-state index is -0.539. The molecule has 0 saturated carbocycles. The number of hydrogen-bond donors (Lipinski definition) is 0. The van der Waals surface area contributed by atoms with Crippen LogP contribution in [-0.4, -0.2) is 27.3 Å². The molecule has 0 radical (unpaired) electrons. The first-order valence-corrected chi connectivity index (χ1v) is 8.05. The number of carbonyl (C=O) groups is 1. The lowest BCUT2D eigenvalue weighted by molar-refractivity contribution is 0.0432. The molecule has 0 aliphatic heterocycles. The fourth-order valence-corrected chi connectivity index (χ4v) is 2.74. The Hall–Kier alpha value is -2.99. The van der Waals surface area contributed by atoms with Crippen molar-refractivity contribution in [2.24, 2.45) is 0 Å². The highest BCUT2D eigenvalue weighted by Gasteiger charge is 2.21. The summed E-state index contributed by atoms with van der Waals surface area (Å²) < 4.78 is 26.8. The van der Waals surface area contributed by atoms with Gasteiger partial charge in [0.05, 0.1) is 20.8 Å². The van der Waals surface area contributed by atoms with Crippen LogP contribution < -0.4 is 9.47 Å². The number of carbonyl (C=O) groups excluding carboxylic acids is 1. The number of hydrogen-bond acceptors (Lipinski definition) is 6. The molecule has 6 nitrogen and oxygen atoms in total. The van der Waals surface area contributed by atoms with Gasteiger partial charge in [-0.25, -0.2) is 4.79 Å². The van der Waals surface area contributed by atoms with Gasteiger partial charge in [0.2, 0.25) is 5.76 Å². The van der Waals surface area contributed by atoms with Crippen molar-refractivity contribution in [1.29, 1.82) is 0 Å². The molecule has 0 atom stereocenters. The molecule has 3 rings (SSSR count). The molecule has 0 fully saturated rings. The van der Waals surface area contributed by atoms with Crippen LogP contribution in [0.4, 0.5) is 0 Å². The van der Waals surface area contributed by atoms with Crippen LogP contribution in [0.5, 0.6) is 11.5 Å². The van der Waals surface area contributed by atoms with Gasteiger partial charge in [0, 0.05) is 18.1 Å². The Morgan fingerprint density at radius 3 is 2.46 bits per heavy atom. The lowest BCUT2D eigenvalue weighted by Gasteiger charge is -2.10. The summed E-state index contributed by atoms with van der Waals surface area (Å²) in [6.45, 7) is 0.348. The van der Waals surface area contributed by atoms with Gasteiger partial charge in [-0.1, -0.05) is 24.3 Å². The van der Waals surface area contributed by atoms with Crippen LogP contribution in [-0.2, 0) is 22.7 Å². The van der Waals surface area contributed by atoms with E-state index in [4.69, 9.17) is 23.4 Å². The van der Waals surface area contributed by atoms with E-state index in [0.717, 1.165) is 10.9 Å². The third-order valence-corrected chi connectivity index (χ3v) is 3.99. The molecule has 1 aromatic heterocycles. The second-order valence-corrected chi connectivity index (χ2v) is 5.60. The summed E-state index contributed by atoms with van der Waals surface area (Å²) in [6.07, 6.45) is 0. The lowest BCUT2D eigenvalue weighted by atomic mass is 10.1. The van der Waals surface area contributed by atoms with Gasteiger partial charge in [-0.15, -0.1) is 0 Å². The fraction of sp³-hybridized carbons (Fsp3) is 0.250. The molecule has 0 aliphatic rings. The average molecular weight is 356 g/mol. The van der Waals surface area contributed by atoms with Gasteiger partial charge in [-0.05, 0) is 23.8 Å². The molecule has 0 unspecified atom stereocenters. The minimum Gasteiger partial charge on any atom is -0.493 e. The molecule has 26 heavy (non-hydrogen) atoms. The molecule has 2 aromatic carbocycles. The second kappa shape index (κ2) is 7.93. The third-order valence-electron chi connectivity index (χ3n) is 3.99. The summed E-state index contributed by atoms with van der Waals surface area (Å²) in [4.78, 5) is 12.5. The molecule has 0 saturated heterocycles. The highest BCUT2D eigenvalue weighted by molar-refractivity contribution is 5.96. The summed E-state index contributed by atoms with van der Waals surface area (Å²) >= 11 is 0. The van der Waals surface area contributed by atoms with E-state index in [2.05, 4.69) is 0 Å². The van der Waals surface area contributed by atoms with Crippen molar-refractivity contribution >= 4 is 16.9 Å². The molecule has 6 heteroatoms. The maximum atomic E-state index is 12.5. The predicted octanol–water partition coefficient (Wildman–Crippen LogP) is 3.95. The van der Waals surface area contributed by atoms with E-state index in [9.17, 15) is 4.79 Å². The predicted molar refractivity (Wildman–Crippen MR) is 95.6 cm³/mol. The number of methoxy groups -OCH3 is 3. The average Bonchev–Trinajstić information content (AvgIpc) is 3.05. The molecule has 136 valence electrons. The Labute approximate surface area is 151 Å². The van der Waals surface area contributed by atoms with Gasteiger partial charge in [0.25, 0.3) is 0 Å². The number of furan rings is 1. The van der Waals surface area contributed by atoms with Crippen molar-refractivity contribution in [3.8, 4) is 11.5 Å². The summed E-state index contributed by atoms with van der Waals surface area (Å²) in [6, 6.07) is 12.8. The molecule has 0 amide bonds. The molecule has 0 aliphatic carbocycles. The third kappa shape index (κ3) is 3.50. The molecule has 0 N–H and O–H groups in total. The van der Waals surface area contributed by atoms with Gasteiger partial charge in [0.1, 0.15) is 12.2 Å². The van der Waals surface area contributed by atoms with E-state index in [0.29, 0.717) is 22.6 Å². The quantitative estimate of drug-likeness (QED) is 0.597. The van der Waals surface area contributed by atoms with E-state index in [1.54, 1.807) is 39.5 Å². The number of benzene rings is 2. The van der Waals surface area contributed by atoms with Crippen LogP contribution in [0.25, 0.3) is 11.0 Å². The van der Waals surface area contributed by atoms with Crippen LogP contribution in [0.15, 0.2) is 46.9 Å². The van der Waals surface area contributed by atoms with E-state index in [1.165, 1.54) is 0 Å². The highest BCUT2D eigenvalue weighted by Crippen LogP contribution is 2.29. The summed E-state index contributed by atoms with van der Waals surface area (Å²) in [5.41, 5.74) is 2.08. The van der Waals surface area contributed by atoms with E-state index >= 15 is 0 Å². The molecule has 3 aromatic rings. The zero-order valence-corrected chi connectivity index (χ0v) is 14.9. The van der Waals surface area contributed by atoms with Crippen molar-refractivity contribution in [1.82, 2.24) is 0 Å². The maximum absolute atomic E-state index is 12.5. The molecule has 0 spiro atoms. The topological polar surface area (TPSA) is 67.1 Å². The first kappa shape index (κ1) is 17.8. The van der Waals surface area contributed by atoms with E-state index < -0.39 is 5.97 Å². The zero-order valence-electron chi connectivity index (χ0n) is 14.9. The summed E-state index contributed by atoms with van der Waals surface area (Å²) in [7, 11) is 4.69. The monoisotopic (exact) mass is 356 g/mol. The van der Waals surface area contributed by atoms with Crippen molar-refractivity contribution < 1.29 is 28.2 Å². The standard InChI is InChI=1S/C20H20O6/c1-22-12-15-14-6-4-5-7-16(14)26-19(15)20(21)25-11-13-8-9-17(23-2)18(10-13)24-3/h4-10H,11-12H2,1-3H3. The summed E-state index contributed by atoms with van der Waals surface area (Å²) in [5.74, 6) is 0.809. The minimum absolute atomic E-state index is 0.0860. The first-order valence-electron chi connectivity index (χ1n) is 8.05. The molecule has 1 heterocycles. The fourth-order valence-electron chi connectivity index (χ4n) is 2.74. The summed E-state index contributed by atoms with van der Waals surface area (Å²) in [5, 5.41) is 0.840. The molecule has 0 bridgehead atoms. The van der Waals surface area contributed by atoms with Gasteiger partial charge in [-0.3, -0.25) is 0 Å². The number of rotatable bonds is 7. The zero-order chi connectivity index (χ0) is 18.5. The number of fused-ring (bicyclic) bond motifs is 1. The van der Waals surface area contributed by atoms with E-state index in [-0.39, 0.29) is 19.0 Å². The lowest BCUT2D eigenvalue weighted by Crippen LogP contribution is -2.07. The number of ether oxygens (including phenoxy) is 4. The highest BCUT2D eigenvalue weighted by atomic mass is 16.5. The van der Waals surface area contributed by atoms with Crippen molar-refractivity contribution in [3.63, 3.8) is 0 Å². The smallest absolute Gasteiger partial charge is 0.374 e. The van der Waals surface area contributed by atoms with E-state index in [1.807, 2.05) is 24.3 Å². The van der Waals surface area contributed by atoms with Gasteiger partial charge < -0.3 is 23.4 Å². The molecular formula is C20H20O6. The Bertz CT molecular complexity index is 912. The molecular weight excluding hydrogens is 336 g/mol. The Morgan fingerprint density at radius 2 is 1.73 bits per heavy atom. The Kier molecular flexibility index (Phi) is 5.43. The number of esters is 1. The van der Waals surface area contributed by atoms with Crippen LogP contribution in [0.1, 0.15) is 21.7 Å². The second-order valence-electron chi connectivity index (χ2n) is 5.60. The van der Waals surface area contributed by atoms with Crippen molar-refractivity contribution in [3.05, 3.63) is 59.4 Å². The maximum Gasteiger partial charge on any atom is 0.374 e. The Morgan fingerprint density at radius 1 is 0.962 bits per heavy atom. The normalized spacial score (nSPS) is 10.7. The SMILES string of the molecule is COCc1c(C(=O)OCc2ccc(OC)c(OC)c2)oc2ccccc12. The van der Waals surface area contributed by atoms with Crippen LogP contribution in [0, 0.1) is 0 Å². The van der Waals surface area contributed by atoms with Gasteiger partial charge in [-0.2, -0.15) is 0 Å². The van der Waals surface area contributed by atoms with Gasteiger partial charge >= 0.3 is 5.97 Å². The van der Waals surface area contributed by atoms with Crippen molar-refractivity contribution in [2.45, 2.75) is 13.2 Å². The van der Waals surface area contributed by atoms with Crippen LogP contribution >= 0.6 is 0 Å². The van der Waals surface area contributed by atoms with Crippen LogP contribution in [0.2, 0.25) is 0 Å². The van der Waals surface area contributed by atoms with Crippen LogP contribution in [0.3, 0.4) is 0 Å². The Balaban J connectivity index is 1.80. The number of para-hydroxylation sites is 1. The van der Waals surface area contributed by atoms with Gasteiger partial charge in [0.15, 0.2) is 11.5 Å². The first-order chi connectivity index (χ1) is 12.7. The van der Waals surface area contributed by atoms with Crippen molar-refractivity contribution in [2.75, 3.05) is 21.3 Å². The largest absolute Gasteiger partial charge is 0.493 e.